The first-order valence-electron chi connectivity index (χ1n) is 10.7. The number of thiophene rings is 1. The van der Waals surface area contributed by atoms with Crippen LogP contribution in [0, 0.1) is 6.92 Å². The molecule has 2 aromatic carbocycles. The second kappa shape index (κ2) is 8.85. The molecule has 0 N–H and O–H groups in total. The number of benzene rings is 2. The highest BCUT2D eigenvalue weighted by Crippen LogP contribution is 2.35. The minimum Gasteiger partial charge on any atom is -0.268 e. The molecule has 0 amide bonds. The van der Waals surface area contributed by atoms with Crippen molar-refractivity contribution in [2.45, 2.75) is 37.8 Å². The molecule has 1 aliphatic carbocycles. The van der Waals surface area contributed by atoms with Crippen molar-refractivity contribution in [2.24, 2.45) is 0 Å². The maximum absolute atomic E-state index is 13.7. The fourth-order valence-corrected chi connectivity index (χ4v) is 6.20. The van der Waals surface area contributed by atoms with E-state index in [0.29, 0.717) is 0 Å². The van der Waals surface area contributed by atoms with Gasteiger partial charge in [-0.25, -0.2) is 4.98 Å². The van der Waals surface area contributed by atoms with E-state index in [1.165, 1.54) is 28.0 Å². The fraction of sp³-hybridized carbons (Fsp3) is 0.231. The summed E-state index contributed by atoms with van der Waals surface area (Å²) in [6, 6.07) is 18.4. The van der Waals surface area contributed by atoms with Gasteiger partial charge >= 0.3 is 0 Å². The number of aromatic nitrogens is 2. The van der Waals surface area contributed by atoms with Gasteiger partial charge in [0.2, 0.25) is 0 Å². The van der Waals surface area contributed by atoms with Crippen LogP contribution in [-0.4, -0.2) is 15.3 Å². The maximum atomic E-state index is 13.7. The van der Waals surface area contributed by atoms with Gasteiger partial charge in [-0.3, -0.25) is 9.36 Å². The molecule has 0 atom stereocenters. The third-order valence-corrected chi connectivity index (χ3v) is 7.75. The van der Waals surface area contributed by atoms with E-state index in [1.807, 2.05) is 34.9 Å². The smallest absolute Gasteiger partial charge is 0.267 e. The Bertz CT molecular complexity index is 1300. The monoisotopic (exact) mass is 444 g/mol. The molecular formula is C26H24N2OS2. The predicted molar refractivity (Wildman–Crippen MR) is 133 cm³/mol. The Labute approximate surface area is 190 Å². The Morgan fingerprint density at radius 2 is 1.84 bits per heavy atom. The molecule has 31 heavy (non-hydrogen) atoms. The van der Waals surface area contributed by atoms with Crippen LogP contribution >= 0.6 is 23.1 Å². The quantitative estimate of drug-likeness (QED) is 0.262. The van der Waals surface area contributed by atoms with Gasteiger partial charge in [0.15, 0.2) is 5.16 Å². The number of aryl methyl sites for hydroxylation is 3. The summed E-state index contributed by atoms with van der Waals surface area (Å²) >= 11 is 3.33. The highest BCUT2D eigenvalue weighted by atomic mass is 32.2. The van der Waals surface area contributed by atoms with Gasteiger partial charge in [0.05, 0.1) is 11.1 Å². The fourth-order valence-electron chi connectivity index (χ4n) is 4.08. The summed E-state index contributed by atoms with van der Waals surface area (Å²) in [5, 5.41) is 1.60. The van der Waals surface area contributed by atoms with Gasteiger partial charge in [0.1, 0.15) is 4.83 Å². The van der Waals surface area contributed by atoms with Crippen LogP contribution in [-0.2, 0) is 12.8 Å². The van der Waals surface area contributed by atoms with E-state index in [1.54, 1.807) is 23.1 Å². The van der Waals surface area contributed by atoms with E-state index in [-0.39, 0.29) is 5.56 Å². The lowest BCUT2D eigenvalue weighted by Gasteiger charge is -2.13. The van der Waals surface area contributed by atoms with E-state index in [9.17, 15) is 4.79 Å². The first-order valence-corrected chi connectivity index (χ1v) is 12.5. The molecule has 4 aromatic rings. The van der Waals surface area contributed by atoms with Crippen molar-refractivity contribution in [1.29, 1.82) is 0 Å². The van der Waals surface area contributed by atoms with Crippen LogP contribution in [0.3, 0.4) is 0 Å². The van der Waals surface area contributed by atoms with Crippen molar-refractivity contribution in [3.8, 4) is 5.69 Å². The maximum Gasteiger partial charge on any atom is 0.267 e. The van der Waals surface area contributed by atoms with Crippen LogP contribution in [0.1, 0.15) is 34.4 Å². The lowest BCUT2D eigenvalue weighted by Crippen LogP contribution is -2.22. The Morgan fingerprint density at radius 1 is 1.06 bits per heavy atom. The third-order valence-electron chi connectivity index (χ3n) is 5.67. The number of nitrogens with zero attached hydrogens (tertiary/aromatic N) is 2. The molecule has 0 aliphatic heterocycles. The summed E-state index contributed by atoms with van der Waals surface area (Å²) in [7, 11) is 0. The van der Waals surface area contributed by atoms with Gasteiger partial charge in [-0.05, 0) is 55.9 Å². The molecule has 2 heterocycles. The van der Waals surface area contributed by atoms with Gasteiger partial charge in [-0.15, -0.1) is 11.3 Å². The van der Waals surface area contributed by atoms with E-state index in [2.05, 4.69) is 43.3 Å². The average Bonchev–Trinajstić information content (AvgIpc) is 3.17. The minimum atomic E-state index is 0.0720. The second-order valence-corrected chi connectivity index (χ2v) is 9.96. The molecule has 156 valence electrons. The van der Waals surface area contributed by atoms with Crippen LogP contribution < -0.4 is 5.56 Å². The first-order chi connectivity index (χ1) is 15.2. The molecule has 0 spiro atoms. The SMILES string of the molecule is Cc1ccc(-n2c(SCC=Cc3ccccc3)nc3sc4c(c3c2=O)CCCC4)cc1. The Morgan fingerprint density at radius 3 is 2.65 bits per heavy atom. The van der Waals surface area contributed by atoms with Crippen molar-refractivity contribution >= 4 is 39.4 Å². The van der Waals surface area contributed by atoms with Crippen molar-refractivity contribution in [2.75, 3.05) is 5.75 Å². The standard InChI is InChI=1S/C26H24N2OS2/c1-18-13-15-20(16-14-18)28-25(29)23-21-11-5-6-12-22(21)31-24(23)27-26(28)30-17-7-10-19-8-3-2-4-9-19/h2-4,7-10,13-16H,5-6,11-12,17H2,1H3. The van der Waals surface area contributed by atoms with Crippen LogP contribution in [0.4, 0.5) is 0 Å². The van der Waals surface area contributed by atoms with Gasteiger partial charge in [0, 0.05) is 10.6 Å². The molecule has 5 heteroatoms. The summed E-state index contributed by atoms with van der Waals surface area (Å²) in [5.41, 5.74) is 4.55. The molecule has 1 aliphatic rings. The second-order valence-electron chi connectivity index (χ2n) is 7.89. The number of hydrogen-bond donors (Lipinski definition) is 0. The molecule has 0 radical (unpaired) electrons. The van der Waals surface area contributed by atoms with Crippen LogP contribution in [0.25, 0.3) is 22.0 Å². The molecule has 0 saturated heterocycles. The average molecular weight is 445 g/mol. The van der Waals surface area contributed by atoms with Gasteiger partial charge in [-0.1, -0.05) is 71.9 Å². The minimum absolute atomic E-state index is 0.0720. The Kier molecular flexibility index (Phi) is 5.79. The zero-order valence-corrected chi connectivity index (χ0v) is 19.1. The molecule has 5 rings (SSSR count). The molecule has 3 nitrogen and oxygen atoms in total. The van der Waals surface area contributed by atoms with Crippen molar-refractivity contribution in [1.82, 2.24) is 9.55 Å². The molecule has 0 saturated carbocycles. The summed E-state index contributed by atoms with van der Waals surface area (Å²) in [4.78, 5) is 21.0. The summed E-state index contributed by atoms with van der Waals surface area (Å²) < 4.78 is 1.81. The first kappa shape index (κ1) is 20.3. The number of thioether (sulfide) groups is 1. The summed E-state index contributed by atoms with van der Waals surface area (Å²) in [5.74, 6) is 0.754. The number of rotatable bonds is 5. The van der Waals surface area contributed by atoms with E-state index < -0.39 is 0 Å². The molecular weight excluding hydrogens is 420 g/mol. The third kappa shape index (κ3) is 4.12. The molecule has 0 bridgehead atoms. The zero-order valence-electron chi connectivity index (χ0n) is 17.5. The summed E-state index contributed by atoms with van der Waals surface area (Å²) in [6.45, 7) is 2.06. The largest absolute Gasteiger partial charge is 0.268 e. The van der Waals surface area contributed by atoms with E-state index in [0.717, 1.165) is 46.1 Å². The van der Waals surface area contributed by atoms with Crippen molar-refractivity contribution in [3.63, 3.8) is 0 Å². The van der Waals surface area contributed by atoms with Crippen molar-refractivity contribution < 1.29 is 0 Å². The lowest BCUT2D eigenvalue weighted by molar-refractivity contribution is 0.699. The predicted octanol–water partition coefficient (Wildman–Crippen LogP) is 6.44. The number of hydrogen-bond acceptors (Lipinski definition) is 4. The molecule has 2 aromatic heterocycles. The lowest BCUT2D eigenvalue weighted by atomic mass is 9.97. The van der Waals surface area contributed by atoms with E-state index in [4.69, 9.17) is 4.98 Å². The van der Waals surface area contributed by atoms with Crippen LogP contribution in [0.15, 0.2) is 70.6 Å². The van der Waals surface area contributed by atoms with E-state index >= 15 is 0 Å². The highest BCUT2D eigenvalue weighted by molar-refractivity contribution is 7.99. The Hall–Kier alpha value is -2.63. The van der Waals surface area contributed by atoms with Gasteiger partial charge in [0.25, 0.3) is 5.56 Å². The van der Waals surface area contributed by atoms with Gasteiger partial charge < -0.3 is 0 Å². The molecule has 0 unspecified atom stereocenters. The molecule has 0 fully saturated rings. The topological polar surface area (TPSA) is 34.9 Å². The van der Waals surface area contributed by atoms with Crippen molar-refractivity contribution in [3.05, 3.63) is 92.6 Å². The van der Waals surface area contributed by atoms with Gasteiger partial charge in [-0.2, -0.15) is 0 Å². The normalized spacial score (nSPS) is 13.7. The Balaban J connectivity index is 1.57. The zero-order chi connectivity index (χ0) is 21.2. The van der Waals surface area contributed by atoms with Crippen LogP contribution in [0.5, 0.6) is 0 Å². The van der Waals surface area contributed by atoms with Crippen LogP contribution in [0.2, 0.25) is 0 Å². The highest BCUT2D eigenvalue weighted by Gasteiger charge is 2.22. The summed E-state index contributed by atoms with van der Waals surface area (Å²) in [6.07, 6.45) is 8.68. The number of fused-ring (bicyclic) bond motifs is 3.